The first kappa shape index (κ1) is 10.8. The van der Waals surface area contributed by atoms with Crippen molar-refractivity contribution in [1.29, 1.82) is 0 Å². The standard InChI is InChI=1S/C12H12N4O2/c17-11-4-8(5-13-11)12(18)15-9-1-2-10-7(3-9)6-14-16-10/h1-3,6,8H,4-5H2,(H,13,17)(H,14,16)(H,15,18). The molecule has 92 valence electrons. The van der Waals surface area contributed by atoms with Gasteiger partial charge in [0.05, 0.1) is 17.6 Å². The fourth-order valence-corrected chi connectivity index (χ4v) is 2.06. The summed E-state index contributed by atoms with van der Waals surface area (Å²) in [5.41, 5.74) is 1.64. The third-order valence-electron chi connectivity index (χ3n) is 3.06. The van der Waals surface area contributed by atoms with E-state index < -0.39 is 0 Å². The van der Waals surface area contributed by atoms with Gasteiger partial charge in [-0.3, -0.25) is 14.7 Å². The Morgan fingerprint density at radius 2 is 2.33 bits per heavy atom. The number of carbonyl (C=O) groups is 2. The first-order chi connectivity index (χ1) is 8.72. The number of aromatic nitrogens is 2. The van der Waals surface area contributed by atoms with E-state index in [0.29, 0.717) is 12.2 Å². The van der Waals surface area contributed by atoms with Crippen molar-refractivity contribution in [3.05, 3.63) is 24.4 Å². The maximum absolute atomic E-state index is 11.9. The lowest BCUT2D eigenvalue weighted by Gasteiger charge is -2.08. The van der Waals surface area contributed by atoms with Crippen molar-refractivity contribution in [3.63, 3.8) is 0 Å². The van der Waals surface area contributed by atoms with Crippen LogP contribution in [0.3, 0.4) is 0 Å². The molecule has 0 spiro atoms. The lowest BCUT2D eigenvalue weighted by atomic mass is 10.1. The van der Waals surface area contributed by atoms with Crippen LogP contribution in [0.25, 0.3) is 10.9 Å². The number of nitrogens with zero attached hydrogens (tertiary/aromatic N) is 1. The van der Waals surface area contributed by atoms with Gasteiger partial charge in [-0.2, -0.15) is 5.10 Å². The summed E-state index contributed by atoms with van der Waals surface area (Å²) >= 11 is 0. The molecule has 3 rings (SSSR count). The van der Waals surface area contributed by atoms with Crippen LogP contribution < -0.4 is 10.6 Å². The summed E-state index contributed by atoms with van der Waals surface area (Å²) in [6.45, 7) is 0.415. The molecule has 6 heteroatoms. The fraction of sp³-hybridized carbons (Fsp3) is 0.250. The second-order valence-corrected chi connectivity index (χ2v) is 4.37. The Kier molecular flexibility index (Phi) is 2.47. The Labute approximate surface area is 103 Å². The lowest BCUT2D eigenvalue weighted by molar-refractivity contribution is -0.123. The van der Waals surface area contributed by atoms with Gasteiger partial charge in [0.15, 0.2) is 0 Å². The van der Waals surface area contributed by atoms with Crippen LogP contribution in [0, 0.1) is 5.92 Å². The zero-order chi connectivity index (χ0) is 12.5. The minimum atomic E-state index is -0.280. The largest absolute Gasteiger partial charge is 0.355 e. The van der Waals surface area contributed by atoms with Crippen molar-refractivity contribution >= 4 is 28.4 Å². The predicted molar refractivity (Wildman–Crippen MR) is 65.8 cm³/mol. The van der Waals surface area contributed by atoms with Crippen LogP contribution in [-0.4, -0.2) is 28.6 Å². The van der Waals surface area contributed by atoms with Crippen LogP contribution in [0.4, 0.5) is 5.69 Å². The molecule has 1 fully saturated rings. The number of amides is 2. The molecule has 1 atom stereocenters. The number of H-pyrrole nitrogens is 1. The van der Waals surface area contributed by atoms with E-state index in [1.54, 1.807) is 6.20 Å². The average Bonchev–Trinajstić information content (AvgIpc) is 2.96. The van der Waals surface area contributed by atoms with Crippen LogP contribution >= 0.6 is 0 Å². The summed E-state index contributed by atoms with van der Waals surface area (Å²) in [6, 6.07) is 5.51. The number of benzene rings is 1. The molecule has 0 aliphatic carbocycles. The van der Waals surface area contributed by atoms with E-state index in [-0.39, 0.29) is 24.2 Å². The molecule has 6 nitrogen and oxygen atoms in total. The van der Waals surface area contributed by atoms with Gasteiger partial charge in [-0.05, 0) is 18.2 Å². The van der Waals surface area contributed by atoms with Gasteiger partial charge >= 0.3 is 0 Å². The molecular weight excluding hydrogens is 232 g/mol. The van der Waals surface area contributed by atoms with E-state index >= 15 is 0 Å². The highest BCUT2D eigenvalue weighted by Crippen LogP contribution is 2.18. The first-order valence-corrected chi connectivity index (χ1v) is 5.73. The van der Waals surface area contributed by atoms with Crippen molar-refractivity contribution in [2.24, 2.45) is 5.92 Å². The third kappa shape index (κ3) is 1.92. The fourth-order valence-electron chi connectivity index (χ4n) is 2.06. The summed E-state index contributed by atoms with van der Waals surface area (Å²) in [5, 5.41) is 13.2. The molecule has 1 saturated heterocycles. The van der Waals surface area contributed by atoms with Gasteiger partial charge in [-0.1, -0.05) is 0 Å². The monoisotopic (exact) mass is 244 g/mol. The SMILES string of the molecule is O=C1CC(C(=O)Nc2ccc3[nH]ncc3c2)CN1. The molecule has 3 N–H and O–H groups in total. The number of fused-ring (bicyclic) bond motifs is 1. The summed E-state index contributed by atoms with van der Waals surface area (Å²) in [4.78, 5) is 23.0. The Morgan fingerprint density at radius 3 is 3.11 bits per heavy atom. The van der Waals surface area contributed by atoms with E-state index in [9.17, 15) is 9.59 Å². The van der Waals surface area contributed by atoms with E-state index in [1.807, 2.05) is 18.2 Å². The Hall–Kier alpha value is -2.37. The molecule has 2 aromatic rings. The number of hydrogen-bond acceptors (Lipinski definition) is 3. The second-order valence-electron chi connectivity index (χ2n) is 4.37. The van der Waals surface area contributed by atoms with Crippen molar-refractivity contribution in [2.75, 3.05) is 11.9 Å². The van der Waals surface area contributed by atoms with Gasteiger partial charge < -0.3 is 10.6 Å². The van der Waals surface area contributed by atoms with Gasteiger partial charge in [0.2, 0.25) is 11.8 Å². The quantitative estimate of drug-likeness (QED) is 0.724. The number of aromatic amines is 1. The van der Waals surface area contributed by atoms with Crippen molar-refractivity contribution in [2.45, 2.75) is 6.42 Å². The zero-order valence-corrected chi connectivity index (χ0v) is 9.56. The number of hydrogen-bond donors (Lipinski definition) is 3. The molecule has 0 bridgehead atoms. The number of rotatable bonds is 2. The van der Waals surface area contributed by atoms with Crippen molar-refractivity contribution in [3.8, 4) is 0 Å². The highest BCUT2D eigenvalue weighted by Gasteiger charge is 2.27. The summed E-state index contributed by atoms with van der Waals surface area (Å²) < 4.78 is 0. The van der Waals surface area contributed by atoms with Gasteiger partial charge in [-0.15, -0.1) is 0 Å². The highest BCUT2D eigenvalue weighted by molar-refractivity contribution is 5.98. The molecule has 18 heavy (non-hydrogen) atoms. The topological polar surface area (TPSA) is 86.9 Å². The van der Waals surface area contributed by atoms with Gasteiger partial charge in [0.1, 0.15) is 0 Å². The minimum Gasteiger partial charge on any atom is -0.355 e. The molecule has 2 amide bonds. The Balaban J connectivity index is 1.75. The summed E-state index contributed by atoms with van der Waals surface area (Å²) in [7, 11) is 0. The summed E-state index contributed by atoms with van der Waals surface area (Å²) in [6.07, 6.45) is 1.96. The van der Waals surface area contributed by atoms with Gasteiger partial charge in [0, 0.05) is 24.0 Å². The van der Waals surface area contributed by atoms with E-state index in [4.69, 9.17) is 0 Å². The molecule has 0 radical (unpaired) electrons. The van der Waals surface area contributed by atoms with E-state index in [2.05, 4.69) is 20.8 Å². The van der Waals surface area contributed by atoms with Crippen LogP contribution in [0.15, 0.2) is 24.4 Å². The number of carbonyl (C=O) groups excluding carboxylic acids is 2. The van der Waals surface area contributed by atoms with E-state index in [0.717, 1.165) is 10.9 Å². The second kappa shape index (κ2) is 4.14. The minimum absolute atomic E-state index is 0.0690. The predicted octanol–water partition coefficient (Wildman–Crippen LogP) is 0.638. The molecular formula is C12H12N4O2. The Morgan fingerprint density at radius 1 is 1.44 bits per heavy atom. The molecule has 1 aliphatic rings. The van der Waals surface area contributed by atoms with Crippen molar-refractivity contribution in [1.82, 2.24) is 15.5 Å². The van der Waals surface area contributed by atoms with Gasteiger partial charge in [0.25, 0.3) is 0 Å². The third-order valence-corrected chi connectivity index (χ3v) is 3.06. The molecule has 1 aromatic carbocycles. The van der Waals surface area contributed by atoms with E-state index in [1.165, 1.54) is 0 Å². The zero-order valence-electron chi connectivity index (χ0n) is 9.56. The van der Waals surface area contributed by atoms with Crippen molar-refractivity contribution < 1.29 is 9.59 Å². The molecule has 2 heterocycles. The van der Waals surface area contributed by atoms with Crippen LogP contribution in [0.5, 0.6) is 0 Å². The maximum atomic E-state index is 11.9. The average molecular weight is 244 g/mol. The number of nitrogens with one attached hydrogen (secondary N) is 3. The smallest absolute Gasteiger partial charge is 0.229 e. The molecule has 1 aromatic heterocycles. The molecule has 0 saturated carbocycles. The lowest BCUT2D eigenvalue weighted by Crippen LogP contribution is -2.24. The van der Waals surface area contributed by atoms with Crippen LogP contribution in [0.1, 0.15) is 6.42 Å². The number of anilines is 1. The normalized spacial score (nSPS) is 18.9. The maximum Gasteiger partial charge on any atom is 0.229 e. The summed E-state index contributed by atoms with van der Waals surface area (Å²) in [5.74, 6) is -0.478. The van der Waals surface area contributed by atoms with Crippen LogP contribution in [-0.2, 0) is 9.59 Å². The van der Waals surface area contributed by atoms with Gasteiger partial charge in [-0.25, -0.2) is 0 Å². The highest BCUT2D eigenvalue weighted by atomic mass is 16.2. The molecule has 1 unspecified atom stereocenters. The Bertz CT molecular complexity index is 619. The van der Waals surface area contributed by atoms with Crippen LogP contribution in [0.2, 0.25) is 0 Å². The molecule has 1 aliphatic heterocycles. The first-order valence-electron chi connectivity index (χ1n) is 5.73.